The van der Waals surface area contributed by atoms with Crippen LogP contribution in [-0.4, -0.2) is 39.8 Å². The summed E-state index contributed by atoms with van der Waals surface area (Å²) in [5.74, 6) is 1.08. The Morgan fingerprint density at radius 3 is 2.03 bits per heavy atom. The van der Waals surface area contributed by atoms with Crippen LogP contribution in [0.4, 0.5) is 5.69 Å². The van der Waals surface area contributed by atoms with Gasteiger partial charge in [-0.1, -0.05) is 19.1 Å². The zero-order valence-corrected chi connectivity index (χ0v) is 18.9. The highest BCUT2D eigenvalue weighted by molar-refractivity contribution is 7.92. The van der Waals surface area contributed by atoms with Gasteiger partial charge in [0.1, 0.15) is 11.5 Å². The van der Waals surface area contributed by atoms with Crippen LogP contribution in [0.15, 0.2) is 48.5 Å². The Balaban J connectivity index is 1.93. The number of rotatable bonds is 10. The van der Waals surface area contributed by atoms with Crippen molar-refractivity contribution < 1.29 is 22.7 Å². The third kappa shape index (κ3) is 6.95. The first kappa shape index (κ1) is 23.5. The molecule has 0 aliphatic carbocycles. The van der Waals surface area contributed by atoms with Crippen molar-refractivity contribution >= 4 is 21.6 Å². The molecule has 1 unspecified atom stereocenters. The third-order valence-electron chi connectivity index (χ3n) is 4.40. The molecule has 7 nitrogen and oxygen atoms in total. The summed E-state index contributed by atoms with van der Waals surface area (Å²) < 4.78 is 35.8. The SMILES string of the molecule is CCC(Oc1ccc(N(C)S(C)(=O)=O)cc1)C(=O)NCc1ccc(OC(C)C)cc1. The molecule has 0 saturated carbocycles. The van der Waals surface area contributed by atoms with Gasteiger partial charge < -0.3 is 14.8 Å². The fourth-order valence-corrected chi connectivity index (χ4v) is 3.18. The molecule has 0 fully saturated rings. The number of nitrogens with one attached hydrogen (secondary N) is 1. The molecule has 1 amide bonds. The quantitative estimate of drug-likeness (QED) is 0.620. The van der Waals surface area contributed by atoms with Crippen molar-refractivity contribution in [2.45, 2.75) is 45.9 Å². The van der Waals surface area contributed by atoms with E-state index in [2.05, 4.69) is 5.32 Å². The Labute approximate surface area is 179 Å². The lowest BCUT2D eigenvalue weighted by Crippen LogP contribution is -2.37. The van der Waals surface area contributed by atoms with Gasteiger partial charge in [0.15, 0.2) is 6.10 Å². The molecule has 0 saturated heterocycles. The zero-order valence-electron chi connectivity index (χ0n) is 18.1. The maximum atomic E-state index is 12.5. The van der Waals surface area contributed by atoms with Crippen LogP contribution in [-0.2, 0) is 21.4 Å². The fourth-order valence-electron chi connectivity index (χ4n) is 2.67. The lowest BCUT2D eigenvalue weighted by molar-refractivity contribution is -0.128. The van der Waals surface area contributed by atoms with Gasteiger partial charge in [0, 0.05) is 13.6 Å². The summed E-state index contributed by atoms with van der Waals surface area (Å²) in [6.07, 6.45) is 1.10. The van der Waals surface area contributed by atoms with Crippen molar-refractivity contribution in [3.8, 4) is 11.5 Å². The Bertz CT molecular complexity index is 925. The Morgan fingerprint density at radius 2 is 1.53 bits per heavy atom. The summed E-state index contributed by atoms with van der Waals surface area (Å²) >= 11 is 0. The van der Waals surface area contributed by atoms with Crippen LogP contribution in [0.5, 0.6) is 11.5 Å². The number of amides is 1. The second-order valence-electron chi connectivity index (χ2n) is 7.27. The van der Waals surface area contributed by atoms with Crippen molar-refractivity contribution in [2.75, 3.05) is 17.6 Å². The van der Waals surface area contributed by atoms with E-state index < -0.39 is 16.1 Å². The lowest BCUT2D eigenvalue weighted by atomic mass is 10.2. The second-order valence-corrected chi connectivity index (χ2v) is 9.28. The van der Waals surface area contributed by atoms with Crippen LogP contribution in [0.1, 0.15) is 32.8 Å². The number of sulfonamides is 1. The van der Waals surface area contributed by atoms with Crippen LogP contribution >= 0.6 is 0 Å². The maximum absolute atomic E-state index is 12.5. The number of anilines is 1. The number of hydrogen-bond donors (Lipinski definition) is 1. The summed E-state index contributed by atoms with van der Waals surface area (Å²) in [4.78, 5) is 12.5. The van der Waals surface area contributed by atoms with Crippen LogP contribution in [0.25, 0.3) is 0 Å². The van der Waals surface area contributed by atoms with Crippen molar-refractivity contribution in [3.63, 3.8) is 0 Å². The largest absolute Gasteiger partial charge is 0.491 e. The second kappa shape index (κ2) is 10.3. The number of hydrogen-bond acceptors (Lipinski definition) is 5. The molecule has 2 aromatic rings. The Kier molecular flexibility index (Phi) is 8.11. The Morgan fingerprint density at radius 1 is 1.00 bits per heavy atom. The molecule has 0 radical (unpaired) electrons. The average molecular weight is 435 g/mol. The van der Waals surface area contributed by atoms with Crippen molar-refractivity contribution in [1.82, 2.24) is 5.32 Å². The van der Waals surface area contributed by atoms with Crippen LogP contribution in [0.2, 0.25) is 0 Å². The predicted molar refractivity (Wildman–Crippen MR) is 118 cm³/mol. The molecule has 1 N–H and O–H groups in total. The first-order chi connectivity index (χ1) is 14.1. The molecule has 0 aromatic heterocycles. The summed E-state index contributed by atoms with van der Waals surface area (Å²) in [5, 5.41) is 2.89. The molecule has 2 rings (SSSR count). The highest BCUT2D eigenvalue weighted by Crippen LogP contribution is 2.21. The molecule has 1 atom stereocenters. The lowest BCUT2D eigenvalue weighted by Gasteiger charge is -2.19. The average Bonchev–Trinajstić information content (AvgIpc) is 2.70. The van der Waals surface area contributed by atoms with E-state index in [0.29, 0.717) is 24.4 Å². The topological polar surface area (TPSA) is 84.9 Å². The smallest absolute Gasteiger partial charge is 0.261 e. The van der Waals surface area contributed by atoms with Crippen molar-refractivity contribution in [1.29, 1.82) is 0 Å². The summed E-state index contributed by atoms with van der Waals surface area (Å²) in [6, 6.07) is 14.2. The highest BCUT2D eigenvalue weighted by atomic mass is 32.2. The van der Waals surface area contributed by atoms with Gasteiger partial charge in [-0.3, -0.25) is 9.10 Å². The number of carbonyl (C=O) groups is 1. The molecule has 2 aromatic carbocycles. The van der Waals surface area contributed by atoms with Crippen LogP contribution in [0.3, 0.4) is 0 Å². The number of carbonyl (C=O) groups excluding carboxylic acids is 1. The fraction of sp³-hybridized carbons (Fsp3) is 0.409. The minimum atomic E-state index is -3.33. The van der Waals surface area contributed by atoms with Gasteiger partial charge in [0.05, 0.1) is 18.0 Å². The molecular weight excluding hydrogens is 404 g/mol. The van der Waals surface area contributed by atoms with Gasteiger partial charge >= 0.3 is 0 Å². The van der Waals surface area contributed by atoms with E-state index in [1.807, 2.05) is 45.0 Å². The van der Waals surface area contributed by atoms with Crippen molar-refractivity contribution in [2.24, 2.45) is 0 Å². The molecule has 0 heterocycles. The first-order valence-corrected chi connectivity index (χ1v) is 11.7. The number of benzene rings is 2. The molecule has 0 aliphatic rings. The molecule has 0 bridgehead atoms. The summed E-state index contributed by atoms with van der Waals surface area (Å²) in [7, 11) is -1.85. The zero-order chi connectivity index (χ0) is 22.3. The molecule has 8 heteroatoms. The van der Waals surface area contributed by atoms with Crippen LogP contribution < -0.4 is 19.1 Å². The number of ether oxygens (including phenoxy) is 2. The standard InChI is InChI=1S/C22H30N2O5S/c1-6-21(29-20-13-9-18(10-14-20)24(4)30(5,26)27)22(25)23-15-17-7-11-19(12-8-17)28-16(2)3/h7-14,16,21H,6,15H2,1-5H3,(H,23,25). The monoisotopic (exact) mass is 434 g/mol. The van der Waals surface area contributed by atoms with E-state index in [1.54, 1.807) is 24.3 Å². The third-order valence-corrected chi connectivity index (χ3v) is 5.61. The van der Waals surface area contributed by atoms with Gasteiger partial charge in [-0.05, 0) is 62.2 Å². The Hall–Kier alpha value is -2.74. The van der Waals surface area contributed by atoms with Gasteiger partial charge in [0.2, 0.25) is 10.0 Å². The van der Waals surface area contributed by atoms with E-state index in [-0.39, 0.29) is 12.0 Å². The minimum absolute atomic E-state index is 0.110. The van der Waals surface area contributed by atoms with E-state index >= 15 is 0 Å². The molecular formula is C22H30N2O5S. The molecule has 0 aliphatic heterocycles. The van der Waals surface area contributed by atoms with Gasteiger partial charge in [-0.25, -0.2) is 8.42 Å². The van der Waals surface area contributed by atoms with E-state index in [0.717, 1.165) is 17.6 Å². The van der Waals surface area contributed by atoms with E-state index in [9.17, 15) is 13.2 Å². The minimum Gasteiger partial charge on any atom is -0.491 e. The van der Waals surface area contributed by atoms with Gasteiger partial charge in [0.25, 0.3) is 5.91 Å². The van der Waals surface area contributed by atoms with Crippen molar-refractivity contribution in [3.05, 3.63) is 54.1 Å². The van der Waals surface area contributed by atoms with E-state index in [4.69, 9.17) is 9.47 Å². The molecule has 164 valence electrons. The van der Waals surface area contributed by atoms with Crippen LogP contribution in [0, 0.1) is 0 Å². The predicted octanol–water partition coefficient (Wildman–Crippen LogP) is 3.34. The summed E-state index contributed by atoms with van der Waals surface area (Å²) in [6.45, 7) is 6.19. The maximum Gasteiger partial charge on any atom is 0.261 e. The normalized spacial score (nSPS) is 12.3. The molecule has 0 spiro atoms. The first-order valence-electron chi connectivity index (χ1n) is 9.84. The van der Waals surface area contributed by atoms with E-state index in [1.165, 1.54) is 11.4 Å². The van der Waals surface area contributed by atoms with Gasteiger partial charge in [-0.2, -0.15) is 0 Å². The number of nitrogens with zero attached hydrogens (tertiary/aromatic N) is 1. The van der Waals surface area contributed by atoms with Gasteiger partial charge in [-0.15, -0.1) is 0 Å². The molecule has 30 heavy (non-hydrogen) atoms. The summed E-state index contributed by atoms with van der Waals surface area (Å²) in [5.41, 5.74) is 1.48. The highest BCUT2D eigenvalue weighted by Gasteiger charge is 2.19.